The zero-order chi connectivity index (χ0) is 22.2. The molecule has 0 saturated heterocycles. The van der Waals surface area contributed by atoms with Gasteiger partial charge in [0.2, 0.25) is 0 Å². The maximum atomic E-state index is 14.1. The maximum Gasteiger partial charge on any atom is 0.170 e. The molecule has 4 aromatic rings. The van der Waals surface area contributed by atoms with Crippen LogP contribution in [-0.2, 0) is 26.6 Å². The van der Waals surface area contributed by atoms with Gasteiger partial charge in [-0.25, -0.2) is 9.37 Å². The third kappa shape index (κ3) is 3.48. The Labute approximate surface area is 183 Å². The maximum absolute atomic E-state index is 14.1. The van der Waals surface area contributed by atoms with E-state index in [1.807, 2.05) is 23.9 Å². The molecule has 0 aliphatic carbocycles. The minimum absolute atomic E-state index is 0.0915. The van der Waals surface area contributed by atoms with E-state index in [2.05, 4.69) is 25.6 Å². The van der Waals surface area contributed by atoms with Gasteiger partial charge < -0.3 is 15.2 Å². The summed E-state index contributed by atoms with van der Waals surface area (Å²) in [7, 11) is 1.76. The Morgan fingerprint density at radius 3 is 2.88 bits per heavy atom. The number of hydrogen-bond acceptors (Lipinski definition) is 7. The number of anilines is 1. The molecule has 164 valence electrons. The van der Waals surface area contributed by atoms with Crippen LogP contribution in [0.25, 0.3) is 22.5 Å². The van der Waals surface area contributed by atoms with Crippen molar-refractivity contribution in [3.05, 3.63) is 59.3 Å². The summed E-state index contributed by atoms with van der Waals surface area (Å²) in [6.07, 6.45) is 4.05. The van der Waals surface area contributed by atoms with Crippen LogP contribution >= 0.6 is 0 Å². The number of rotatable bonds is 3. The van der Waals surface area contributed by atoms with Crippen molar-refractivity contribution in [3.63, 3.8) is 0 Å². The van der Waals surface area contributed by atoms with E-state index >= 15 is 0 Å². The summed E-state index contributed by atoms with van der Waals surface area (Å²) in [5.41, 5.74) is 5.54. The number of aromatic nitrogens is 6. The Balaban J connectivity index is 1.76. The van der Waals surface area contributed by atoms with Gasteiger partial charge >= 0.3 is 0 Å². The molecule has 2 N–H and O–H groups in total. The molecule has 32 heavy (non-hydrogen) atoms. The van der Waals surface area contributed by atoms with Crippen LogP contribution < -0.4 is 10.1 Å². The van der Waals surface area contributed by atoms with E-state index in [-0.39, 0.29) is 19.2 Å². The number of aliphatic hydroxyl groups is 1. The van der Waals surface area contributed by atoms with Crippen molar-refractivity contribution in [2.24, 2.45) is 7.05 Å². The first-order chi connectivity index (χ1) is 15.6. The van der Waals surface area contributed by atoms with Crippen LogP contribution in [0.2, 0.25) is 0 Å². The van der Waals surface area contributed by atoms with Gasteiger partial charge in [-0.1, -0.05) is 0 Å². The predicted molar refractivity (Wildman–Crippen MR) is 115 cm³/mol. The summed E-state index contributed by atoms with van der Waals surface area (Å²) in [4.78, 5) is 5.97. The topological polar surface area (TPSA) is 103 Å². The number of halogens is 1. The van der Waals surface area contributed by atoms with Crippen molar-refractivity contribution in [2.45, 2.75) is 26.5 Å². The molecule has 1 aliphatic rings. The van der Waals surface area contributed by atoms with Crippen molar-refractivity contribution in [3.8, 4) is 28.3 Å². The third-order valence-electron chi connectivity index (χ3n) is 5.43. The van der Waals surface area contributed by atoms with Gasteiger partial charge in [0.1, 0.15) is 24.8 Å². The molecule has 0 radical (unpaired) electrons. The zero-order valence-corrected chi connectivity index (χ0v) is 17.7. The summed E-state index contributed by atoms with van der Waals surface area (Å²) in [6.45, 7) is 2.50. The molecular formula is C22H22FN7O2. The van der Waals surface area contributed by atoms with Crippen LogP contribution in [0.1, 0.15) is 23.7 Å². The van der Waals surface area contributed by atoms with Crippen molar-refractivity contribution in [2.75, 3.05) is 12.0 Å². The number of fused-ring (bicyclic) bond motifs is 7. The summed E-state index contributed by atoms with van der Waals surface area (Å²) in [5.74, 6) is 0.481. The number of aliphatic hydroxyl groups excluding tert-OH is 1. The van der Waals surface area contributed by atoms with Gasteiger partial charge in [0.25, 0.3) is 0 Å². The minimum atomic E-state index is -0.364. The van der Waals surface area contributed by atoms with Gasteiger partial charge in [-0.05, 0) is 31.2 Å². The van der Waals surface area contributed by atoms with Gasteiger partial charge in [0, 0.05) is 48.5 Å². The number of benzene rings is 1. The second-order valence-corrected chi connectivity index (χ2v) is 7.49. The van der Waals surface area contributed by atoms with E-state index in [9.17, 15) is 9.50 Å². The Bertz CT molecular complexity index is 1300. The second-order valence-electron chi connectivity index (χ2n) is 7.49. The zero-order valence-electron chi connectivity index (χ0n) is 17.7. The van der Waals surface area contributed by atoms with Crippen LogP contribution in [0.5, 0.6) is 5.75 Å². The molecule has 0 atom stereocenters. The third-order valence-corrected chi connectivity index (χ3v) is 5.43. The lowest BCUT2D eigenvalue weighted by Crippen LogP contribution is -2.08. The fourth-order valence-corrected chi connectivity index (χ4v) is 4.04. The highest BCUT2D eigenvalue weighted by molar-refractivity contribution is 5.71. The summed E-state index contributed by atoms with van der Waals surface area (Å²) >= 11 is 0. The lowest BCUT2D eigenvalue weighted by Gasteiger charge is -2.17. The molecule has 3 aromatic heterocycles. The number of nitrogens with one attached hydrogen (secondary N) is 1. The monoisotopic (exact) mass is 435 g/mol. The van der Waals surface area contributed by atoms with Crippen LogP contribution in [0.3, 0.4) is 0 Å². The molecule has 9 nitrogen and oxygen atoms in total. The number of aryl methyl sites for hydroxylation is 2. The summed E-state index contributed by atoms with van der Waals surface area (Å²) in [6, 6.07) is 6.40. The number of hydrogen-bond donors (Lipinski definition) is 2. The first-order valence-electron chi connectivity index (χ1n) is 10.3. The number of nitrogens with zero attached hydrogens (tertiary/aromatic N) is 6. The summed E-state index contributed by atoms with van der Waals surface area (Å²) in [5, 5.41) is 25.9. The van der Waals surface area contributed by atoms with E-state index in [1.54, 1.807) is 19.3 Å². The summed E-state index contributed by atoms with van der Waals surface area (Å²) < 4.78 is 22.1. The first kappa shape index (κ1) is 20.1. The van der Waals surface area contributed by atoms with Gasteiger partial charge in [-0.15, -0.1) is 0 Å². The van der Waals surface area contributed by atoms with Gasteiger partial charge in [0.15, 0.2) is 11.6 Å². The van der Waals surface area contributed by atoms with Crippen LogP contribution in [-0.4, -0.2) is 41.6 Å². The van der Waals surface area contributed by atoms with Crippen molar-refractivity contribution in [1.82, 2.24) is 29.8 Å². The van der Waals surface area contributed by atoms with Gasteiger partial charge in [-0.3, -0.25) is 4.68 Å². The second kappa shape index (κ2) is 8.04. The Morgan fingerprint density at radius 2 is 2.06 bits per heavy atom. The van der Waals surface area contributed by atoms with Crippen LogP contribution in [0.15, 0.2) is 36.7 Å². The van der Waals surface area contributed by atoms with Crippen molar-refractivity contribution < 1.29 is 14.2 Å². The predicted octanol–water partition coefficient (Wildman–Crippen LogP) is 2.74. The average molecular weight is 435 g/mol. The quantitative estimate of drug-likeness (QED) is 0.477. The van der Waals surface area contributed by atoms with E-state index < -0.39 is 0 Å². The normalized spacial score (nSPS) is 12.6. The lowest BCUT2D eigenvalue weighted by atomic mass is 9.99. The fraction of sp³-hybridized carbons (Fsp3) is 0.273. The SMILES string of the molecule is CCn1ncc2c1-c1cnc(NCO)c(c1)OCc1cc(F)ccc1-c1nn(C)nc1C2. The van der Waals surface area contributed by atoms with Crippen LogP contribution in [0, 0.1) is 5.82 Å². The first-order valence-corrected chi connectivity index (χ1v) is 10.3. The highest BCUT2D eigenvalue weighted by atomic mass is 19.1. The lowest BCUT2D eigenvalue weighted by molar-refractivity contribution is 0.301. The molecule has 0 spiro atoms. The van der Waals surface area contributed by atoms with E-state index in [1.165, 1.54) is 16.9 Å². The smallest absolute Gasteiger partial charge is 0.170 e. The van der Waals surface area contributed by atoms with Crippen molar-refractivity contribution in [1.29, 1.82) is 0 Å². The number of pyridine rings is 1. The highest BCUT2D eigenvalue weighted by Crippen LogP contribution is 2.35. The van der Waals surface area contributed by atoms with Crippen molar-refractivity contribution >= 4 is 5.82 Å². The molecule has 4 heterocycles. The van der Waals surface area contributed by atoms with Crippen LogP contribution in [0.4, 0.5) is 10.2 Å². The Hall–Kier alpha value is -3.79. The molecule has 1 aliphatic heterocycles. The molecule has 0 saturated carbocycles. The molecule has 10 heteroatoms. The standard InChI is InChI=1S/C22H22FN7O2/c1-3-30-21-13(10-26-30)7-18-20(28-29(2)27-18)17-5-4-16(23)6-15(17)11-32-19-8-14(21)9-24-22(19)25-12-31/h4-6,8-10,31H,3,7,11-12H2,1-2H3,(H,24,25). The molecule has 5 rings (SSSR count). The highest BCUT2D eigenvalue weighted by Gasteiger charge is 2.22. The molecule has 0 unspecified atom stereocenters. The largest absolute Gasteiger partial charge is 0.485 e. The Kier molecular flexibility index (Phi) is 5.06. The Morgan fingerprint density at radius 1 is 1.19 bits per heavy atom. The minimum Gasteiger partial charge on any atom is -0.485 e. The average Bonchev–Trinajstić information content (AvgIpc) is 3.35. The van der Waals surface area contributed by atoms with E-state index in [4.69, 9.17) is 4.74 Å². The van der Waals surface area contributed by atoms with Gasteiger partial charge in [0.05, 0.1) is 17.6 Å². The van der Waals surface area contributed by atoms with E-state index in [0.29, 0.717) is 35.8 Å². The molecule has 2 bridgehead atoms. The molecule has 0 amide bonds. The number of ether oxygens (including phenoxy) is 1. The molecule has 0 fully saturated rings. The molecule has 1 aromatic carbocycles. The molecular weight excluding hydrogens is 413 g/mol. The van der Waals surface area contributed by atoms with Gasteiger partial charge in [-0.2, -0.15) is 20.1 Å². The van der Waals surface area contributed by atoms with E-state index in [0.717, 1.165) is 28.1 Å². The fourth-order valence-electron chi connectivity index (χ4n) is 4.04.